The van der Waals surface area contributed by atoms with Gasteiger partial charge in [-0.15, -0.1) is 21.5 Å². The number of nitrogens with one attached hydrogen (secondary N) is 1. The summed E-state index contributed by atoms with van der Waals surface area (Å²) in [6.45, 7) is 7.02. The quantitative estimate of drug-likeness (QED) is 0.462. The first-order chi connectivity index (χ1) is 12.2. The van der Waals surface area contributed by atoms with Crippen molar-refractivity contribution in [2.75, 3.05) is 5.32 Å². The van der Waals surface area contributed by atoms with Crippen molar-refractivity contribution >= 4 is 34.1 Å². The molecule has 1 atom stereocenters. The molecule has 0 spiro atoms. The molecule has 138 valence electrons. The van der Waals surface area contributed by atoms with Gasteiger partial charge in [0.05, 0.1) is 5.25 Å². The fourth-order valence-electron chi connectivity index (χ4n) is 2.50. The second-order valence-electron chi connectivity index (χ2n) is 5.89. The van der Waals surface area contributed by atoms with E-state index in [-0.39, 0.29) is 11.2 Å². The molecule has 2 aromatic heterocycles. The van der Waals surface area contributed by atoms with E-state index in [1.54, 1.807) is 6.20 Å². The van der Waals surface area contributed by atoms with Crippen molar-refractivity contribution in [2.45, 2.75) is 76.2 Å². The Kier molecular flexibility index (Phi) is 8.40. The molecule has 1 N–H and O–H groups in total. The van der Waals surface area contributed by atoms with E-state index in [1.165, 1.54) is 48.8 Å². The number of amides is 1. The topological polar surface area (TPSA) is 72.7 Å². The highest BCUT2D eigenvalue weighted by atomic mass is 32.2. The number of unbranched alkanes of at least 4 members (excludes halogenated alkanes) is 4. The molecule has 2 aromatic rings. The van der Waals surface area contributed by atoms with Crippen LogP contribution in [0.25, 0.3) is 0 Å². The summed E-state index contributed by atoms with van der Waals surface area (Å²) in [6.07, 6.45) is 8.85. The average molecular weight is 382 g/mol. The summed E-state index contributed by atoms with van der Waals surface area (Å²) in [5.74, 6) is 0.959. The standard InChI is InChI=1S/C17H27N5OS2/c1-4-6-7-8-9-10-14-20-21-17(22(14)5-2)25-13(3)15(23)19-16-18-11-12-24-16/h11-13H,4-10H2,1-3H3,(H,18,19,23)/t13-/m0/s1. The maximum absolute atomic E-state index is 12.3. The Morgan fingerprint density at radius 1 is 1.28 bits per heavy atom. The molecule has 0 aliphatic heterocycles. The minimum atomic E-state index is -0.254. The van der Waals surface area contributed by atoms with Crippen LogP contribution in [-0.4, -0.2) is 30.9 Å². The van der Waals surface area contributed by atoms with E-state index in [2.05, 4.69) is 38.9 Å². The van der Waals surface area contributed by atoms with Gasteiger partial charge in [-0.05, 0) is 20.3 Å². The van der Waals surface area contributed by atoms with Gasteiger partial charge in [-0.25, -0.2) is 4.98 Å². The Balaban J connectivity index is 1.89. The highest BCUT2D eigenvalue weighted by Gasteiger charge is 2.20. The van der Waals surface area contributed by atoms with Crippen molar-refractivity contribution in [3.63, 3.8) is 0 Å². The number of aromatic nitrogens is 4. The van der Waals surface area contributed by atoms with Gasteiger partial charge in [0.2, 0.25) is 5.91 Å². The minimum absolute atomic E-state index is 0.0632. The van der Waals surface area contributed by atoms with E-state index in [0.717, 1.165) is 30.4 Å². The van der Waals surface area contributed by atoms with Gasteiger partial charge in [-0.2, -0.15) is 0 Å². The Morgan fingerprint density at radius 3 is 2.76 bits per heavy atom. The van der Waals surface area contributed by atoms with E-state index in [1.807, 2.05) is 12.3 Å². The van der Waals surface area contributed by atoms with Crippen molar-refractivity contribution in [1.82, 2.24) is 19.7 Å². The Bertz CT molecular complexity index is 642. The number of nitrogens with zero attached hydrogens (tertiary/aromatic N) is 4. The molecule has 0 bridgehead atoms. The molecular weight excluding hydrogens is 354 g/mol. The Hall–Kier alpha value is -1.41. The van der Waals surface area contributed by atoms with Crippen molar-refractivity contribution < 1.29 is 4.79 Å². The maximum atomic E-state index is 12.3. The monoisotopic (exact) mass is 381 g/mol. The second-order valence-corrected chi connectivity index (χ2v) is 8.10. The SMILES string of the molecule is CCCCCCCc1nnc(S[C@@H](C)C(=O)Nc2nccs2)n1CC. The van der Waals surface area contributed by atoms with E-state index in [4.69, 9.17) is 0 Å². The average Bonchev–Trinajstić information content (AvgIpc) is 3.24. The lowest BCUT2D eigenvalue weighted by molar-refractivity contribution is -0.115. The molecule has 0 aromatic carbocycles. The summed E-state index contributed by atoms with van der Waals surface area (Å²) in [5, 5.41) is 14.5. The van der Waals surface area contributed by atoms with Crippen LogP contribution < -0.4 is 5.32 Å². The molecule has 25 heavy (non-hydrogen) atoms. The smallest absolute Gasteiger partial charge is 0.239 e. The normalized spacial score (nSPS) is 12.3. The summed E-state index contributed by atoms with van der Waals surface area (Å²) in [7, 11) is 0. The van der Waals surface area contributed by atoms with E-state index >= 15 is 0 Å². The molecule has 0 saturated carbocycles. The first-order valence-electron chi connectivity index (χ1n) is 8.94. The largest absolute Gasteiger partial charge is 0.306 e. The van der Waals surface area contributed by atoms with Crippen LogP contribution in [0.3, 0.4) is 0 Å². The van der Waals surface area contributed by atoms with Gasteiger partial charge in [-0.1, -0.05) is 44.4 Å². The number of thioether (sulfide) groups is 1. The van der Waals surface area contributed by atoms with E-state index in [0.29, 0.717) is 5.13 Å². The number of aryl methyl sites for hydroxylation is 1. The predicted octanol–water partition coefficient (Wildman–Crippen LogP) is 4.39. The second kappa shape index (κ2) is 10.6. The maximum Gasteiger partial charge on any atom is 0.239 e. The van der Waals surface area contributed by atoms with Gasteiger partial charge in [0, 0.05) is 24.5 Å². The van der Waals surface area contributed by atoms with Crippen LogP contribution in [0.1, 0.15) is 58.7 Å². The third kappa shape index (κ3) is 6.11. The van der Waals surface area contributed by atoms with E-state index < -0.39 is 0 Å². The summed E-state index contributed by atoms with van der Waals surface area (Å²) < 4.78 is 2.12. The summed E-state index contributed by atoms with van der Waals surface area (Å²) in [5.41, 5.74) is 0. The molecule has 1 amide bonds. The number of rotatable bonds is 11. The lowest BCUT2D eigenvalue weighted by atomic mass is 10.1. The Labute approximate surface area is 157 Å². The third-order valence-electron chi connectivity index (χ3n) is 3.93. The van der Waals surface area contributed by atoms with Crippen molar-refractivity contribution in [3.05, 3.63) is 17.4 Å². The van der Waals surface area contributed by atoms with Crippen molar-refractivity contribution in [3.8, 4) is 0 Å². The molecule has 0 radical (unpaired) electrons. The number of carbonyl (C=O) groups is 1. The zero-order valence-corrected chi connectivity index (χ0v) is 16.8. The highest BCUT2D eigenvalue weighted by Crippen LogP contribution is 2.24. The van der Waals surface area contributed by atoms with Gasteiger partial charge in [0.25, 0.3) is 0 Å². The number of hydrogen-bond donors (Lipinski definition) is 1. The molecule has 8 heteroatoms. The van der Waals surface area contributed by atoms with Crippen LogP contribution in [0.4, 0.5) is 5.13 Å². The zero-order valence-electron chi connectivity index (χ0n) is 15.2. The predicted molar refractivity (Wildman–Crippen MR) is 104 cm³/mol. The molecule has 0 aliphatic carbocycles. The molecule has 0 saturated heterocycles. The lowest BCUT2D eigenvalue weighted by Crippen LogP contribution is -2.22. The molecule has 2 rings (SSSR count). The fourth-order valence-corrected chi connectivity index (χ4v) is 3.96. The molecule has 0 aliphatic rings. The van der Waals surface area contributed by atoms with Crippen LogP contribution in [-0.2, 0) is 17.8 Å². The number of carbonyl (C=O) groups excluding carboxylic acids is 1. The molecule has 0 unspecified atom stereocenters. The summed E-state index contributed by atoms with van der Waals surface area (Å²) in [4.78, 5) is 16.4. The van der Waals surface area contributed by atoms with Gasteiger partial charge >= 0.3 is 0 Å². The zero-order chi connectivity index (χ0) is 18.1. The summed E-state index contributed by atoms with van der Waals surface area (Å²) >= 11 is 2.86. The summed E-state index contributed by atoms with van der Waals surface area (Å²) in [6, 6.07) is 0. The molecule has 2 heterocycles. The first-order valence-corrected chi connectivity index (χ1v) is 10.7. The van der Waals surface area contributed by atoms with Crippen LogP contribution in [0.15, 0.2) is 16.7 Å². The van der Waals surface area contributed by atoms with Crippen LogP contribution >= 0.6 is 23.1 Å². The van der Waals surface area contributed by atoms with Gasteiger partial charge in [0.1, 0.15) is 5.82 Å². The van der Waals surface area contributed by atoms with Gasteiger partial charge in [-0.3, -0.25) is 4.79 Å². The number of anilines is 1. The van der Waals surface area contributed by atoms with Crippen molar-refractivity contribution in [1.29, 1.82) is 0 Å². The highest BCUT2D eigenvalue weighted by molar-refractivity contribution is 8.00. The molecule has 6 nitrogen and oxygen atoms in total. The van der Waals surface area contributed by atoms with Crippen LogP contribution in [0, 0.1) is 0 Å². The number of thiazole rings is 1. The van der Waals surface area contributed by atoms with Crippen molar-refractivity contribution in [2.24, 2.45) is 0 Å². The van der Waals surface area contributed by atoms with Crippen LogP contribution in [0.2, 0.25) is 0 Å². The Morgan fingerprint density at radius 2 is 2.08 bits per heavy atom. The number of hydrogen-bond acceptors (Lipinski definition) is 6. The third-order valence-corrected chi connectivity index (χ3v) is 5.70. The van der Waals surface area contributed by atoms with Crippen LogP contribution in [0.5, 0.6) is 0 Å². The minimum Gasteiger partial charge on any atom is -0.306 e. The first kappa shape index (κ1) is 19.9. The molecular formula is C17H27N5OS2. The van der Waals surface area contributed by atoms with E-state index in [9.17, 15) is 4.79 Å². The van der Waals surface area contributed by atoms with Gasteiger partial charge < -0.3 is 9.88 Å². The molecule has 0 fully saturated rings. The van der Waals surface area contributed by atoms with Gasteiger partial charge in [0.15, 0.2) is 10.3 Å². The lowest BCUT2D eigenvalue weighted by Gasteiger charge is -2.11. The fraction of sp³-hybridized carbons (Fsp3) is 0.647.